The molecule has 1 amide bonds. The van der Waals surface area contributed by atoms with Crippen LogP contribution in [0.25, 0.3) is 0 Å². The number of benzene rings is 2. The van der Waals surface area contributed by atoms with Gasteiger partial charge in [-0.15, -0.1) is 0 Å². The first kappa shape index (κ1) is 24.8. The topological polar surface area (TPSA) is 118 Å². The van der Waals surface area contributed by atoms with Crippen LogP contribution < -0.4 is 29.0 Å². The van der Waals surface area contributed by atoms with Gasteiger partial charge in [0.15, 0.2) is 17.3 Å². The molecule has 0 fully saturated rings. The molecule has 1 heterocycles. The summed E-state index contributed by atoms with van der Waals surface area (Å²) in [7, 11) is 7.63. The molecule has 0 spiro atoms. The fourth-order valence-electron chi connectivity index (χ4n) is 4.19. The number of anilines is 1. The van der Waals surface area contributed by atoms with Crippen molar-refractivity contribution < 1.29 is 33.3 Å². The van der Waals surface area contributed by atoms with Crippen LogP contribution in [0.5, 0.6) is 28.7 Å². The number of aromatic nitrogens is 2. The summed E-state index contributed by atoms with van der Waals surface area (Å²) in [5.41, 5.74) is 2.17. The number of nitrogens with one attached hydrogen (secondary N) is 1. The number of Topliss-reactive ketones (excluding diaryl/α,β-unsaturated/α-hetero) is 1. The Morgan fingerprint density at radius 3 is 2.06 bits per heavy atom. The van der Waals surface area contributed by atoms with Gasteiger partial charge in [0.1, 0.15) is 11.5 Å². The van der Waals surface area contributed by atoms with Crippen molar-refractivity contribution in [3.05, 3.63) is 58.9 Å². The van der Waals surface area contributed by atoms with E-state index in [2.05, 4.69) is 15.3 Å². The lowest BCUT2D eigenvalue weighted by molar-refractivity contribution is 0.0962. The number of carbonyl (C=O) groups excluding carboxylic acids is 2. The van der Waals surface area contributed by atoms with Crippen molar-refractivity contribution in [2.45, 2.75) is 18.8 Å². The first-order chi connectivity index (χ1) is 17.4. The van der Waals surface area contributed by atoms with E-state index >= 15 is 0 Å². The average Bonchev–Trinajstić information content (AvgIpc) is 2.91. The molecule has 3 aromatic rings. The predicted octanol–water partition coefficient (Wildman–Crippen LogP) is 3.68. The lowest BCUT2D eigenvalue weighted by Gasteiger charge is -2.24. The standard InChI is InChI=1S/C26H27N3O7/c1-32-17-6-16(7-18(12-17)33-2)25(31)29-26-27-13-19-20(28-26)8-14(9-21(19)30)15-10-22(34-3)24(36-5)23(11-15)35-4/h6-7,10-14H,8-9H2,1-5H3,(H,27,28,29,31)/t14-/m0/s1. The lowest BCUT2D eigenvalue weighted by Crippen LogP contribution is -2.22. The summed E-state index contributed by atoms with van der Waals surface area (Å²) in [6.07, 6.45) is 2.21. The summed E-state index contributed by atoms with van der Waals surface area (Å²) in [6, 6.07) is 8.51. The normalized spacial score (nSPS) is 14.5. The lowest BCUT2D eigenvalue weighted by atomic mass is 9.82. The van der Waals surface area contributed by atoms with E-state index in [1.807, 2.05) is 12.1 Å². The van der Waals surface area contributed by atoms with Crippen molar-refractivity contribution in [3.8, 4) is 28.7 Å². The Morgan fingerprint density at radius 1 is 0.861 bits per heavy atom. The van der Waals surface area contributed by atoms with E-state index in [1.54, 1.807) is 32.4 Å². The van der Waals surface area contributed by atoms with Crippen molar-refractivity contribution in [3.63, 3.8) is 0 Å². The fraction of sp³-hybridized carbons (Fsp3) is 0.308. The number of fused-ring (bicyclic) bond motifs is 1. The maximum atomic E-state index is 12.9. The molecule has 0 unspecified atom stereocenters. The molecule has 0 bridgehead atoms. The van der Waals surface area contributed by atoms with Gasteiger partial charge in [-0.05, 0) is 42.2 Å². The van der Waals surface area contributed by atoms with Crippen LogP contribution in [0.1, 0.15) is 44.3 Å². The summed E-state index contributed by atoms with van der Waals surface area (Å²) >= 11 is 0. The first-order valence-corrected chi connectivity index (χ1v) is 11.1. The Bertz CT molecular complexity index is 1260. The Morgan fingerprint density at radius 2 is 1.50 bits per heavy atom. The van der Waals surface area contributed by atoms with Crippen LogP contribution in [0.3, 0.4) is 0 Å². The van der Waals surface area contributed by atoms with Crippen LogP contribution in [0.2, 0.25) is 0 Å². The number of hydrogen-bond acceptors (Lipinski definition) is 9. The van der Waals surface area contributed by atoms with Gasteiger partial charge in [-0.25, -0.2) is 9.97 Å². The highest BCUT2D eigenvalue weighted by Gasteiger charge is 2.30. The molecule has 0 aliphatic heterocycles. The molecule has 1 N–H and O–H groups in total. The van der Waals surface area contributed by atoms with Gasteiger partial charge in [-0.2, -0.15) is 0 Å². The van der Waals surface area contributed by atoms with E-state index in [-0.39, 0.29) is 24.1 Å². The summed E-state index contributed by atoms with van der Waals surface area (Å²) in [6.45, 7) is 0. The van der Waals surface area contributed by atoms with Crippen LogP contribution in [0.15, 0.2) is 36.5 Å². The minimum absolute atomic E-state index is 0.0783. The highest BCUT2D eigenvalue weighted by atomic mass is 16.5. The Labute approximate surface area is 208 Å². The molecule has 188 valence electrons. The Balaban J connectivity index is 1.61. The van der Waals surface area contributed by atoms with Crippen LogP contribution in [-0.2, 0) is 6.42 Å². The number of hydrogen-bond donors (Lipinski definition) is 1. The van der Waals surface area contributed by atoms with E-state index in [1.165, 1.54) is 27.5 Å². The minimum atomic E-state index is -0.435. The van der Waals surface area contributed by atoms with Crippen LogP contribution in [0.4, 0.5) is 5.95 Å². The number of ketones is 1. The van der Waals surface area contributed by atoms with Crippen LogP contribution in [0, 0.1) is 0 Å². The van der Waals surface area contributed by atoms with Gasteiger partial charge in [0.25, 0.3) is 5.91 Å². The maximum absolute atomic E-state index is 12.9. The number of nitrogens with zero attached hydrogens (tertiary/aromatic N) is 2. The highest BCUT2D eigenvalue weighted by Crippen LogP contribution is 2.42. The quantitative estimate of drug-likeness (QED) is 0.501. The second-order valence-corrected chi connectivity index (χ2v) is 8.10. The zero-order valence-corrected chi connectivity index (χ0v) is 20.7. The number of methoxy groups -OCH3 is 5. The number of amides is 1. The summed E-state index contributed by atoms with van der Waals surface area (Å²) < 4.78 is 26.8. The van der Waals surface area contributed by atoms with Gasteiger partial charge in [0, 0.05) is 24.2 Å². The molecule has 0 saturated carbocycles. The third kappa shape index (κ3) is 4.88. The van der Waals surface area contributed by atoms with Crippen LogP contribution >= 0.6 is 0 Å². The summed E-state index contributed by atoms with van der Waals surface area (Å²) in [5, 5.41) is 2.69. The molecular formula is C26H27N3O7. The first-order valence-electron chi connectivity index (χ1n) is 11.1. The second kappa shape index (κ2) is 10.5. The predicted molar refractivity (Wildman–Crippen MR) is 131 cm³/mol. The summed E-state index contributed by atoms with van der Waals surface area (Å²) in [5.74, 6) is 1.87. The van der Waals surface area contributed by atoms with Gasteiger partial charge < -0.3 is 23.7 Å². The van der Waals surface area contributed by atoms with Gasteiger partial charge in [-0.1, -0.05) is 0 Å². The molecule has 0 radical (unpaired) electrons. The molecule has 36 heavy (non-hydrogen) atoms. The van der Waals surface area contributed by atoms with E-state index in [4.69, 9.17) is 23.7 Å². The van der Waals surface area contributed by atoms with Crippen molar-refractivity contribution in [2.24, 2.45) is 0 Å². The molecule has 2 aromatic carbocycles. The van der Waals surface area contributed by atoms with Gasteiger partial charge in [-0.3, -0.25) is 14.9 Å². The van der Waals surface area contributed by atoms with E-state index < -0.39 is 5.91 Å². The molecule has 4 rings (SSSR count). The largest absolute Gasteiger partial charge is 0.497 e. The number of rotatable bonds is 8. The summed E-state index contributed by atoms with van der Waals surface area (Å²) in [4.78, 5) is 34.5. The average molecular weight is 494 g/mol. The molecule has 1 aromatic heterocycles. The number of ether oxygens (including phenoxy) is 5. The molecule has 1 aliphatic rings. The van der Waals surface area contributed by atoms with Crippen molar-refractivity contribution in [1.82, 2.24) is 9.97 Å². The van der Waals surface area contributed by atoms with Crippen LogP contribution in [-0.4, -0.2) is 57.2 Å². The molecular weight excluding hydrogens is 466 g/mol. The number of carbonyl (C=O) groups is 2. The van der Waals surface area contributed by atoms with E-state index in [9.17, 15) is 9.59 Å². The molecule has 10 nitrogen and oxygen atoms in total. The third-order valence-corrected chi connectivity index (χ3v) is 6.04. The molecule has 1 aliphatic carbocycles. The van der Waals surface area contributed by atoms with Gasteiger partial charge in [0.2, 0.25) is 11.7 Å². The second-order valence-electron chi connectivity index (χ2n) is 8.10. The van der Waals surface area contributed by atoms with Gasteiger partial charge >= 0.3 is 0 Å². The zero-order chi connectivity index (χ0) is 25.8. The molecule has 1 atom stereocenters. The Hall–Kier alpha value is -4.34. The fourth-order valence-corrected chi connectivity index (χ4v) is 4.19. The van der Waals surface area contributed by atoms with Crippen molar-refractivity contribution in [1.29, 1.82) is 0 Å². The zero-order valence-electron chi connectivity index (χ0n) is 20.7. The maximum Gasteiger partial charge on any atom is 0.258 e. The van der Waals surface area contributed by atoms with Gasteiger partial charge in [0.05, 0.1) is 46.8 Å². The van der Waals surface area contributed by atoms with Crippen molar-refractivity contribution in [2.75, 3.05) is 40.9 Å². The van der Waals surface area contributed by atoms with Crippen molar-refractivity contribution >= 4 is 17.6 Å². The Kier molecular flexibility index (Phi) is 7.23. The highest BCUT2D eigenvalue weighted by molar-refractivity contribution is 6.04. The molecule has 0 saturated heterocycles. The van der Waals surface area contributed by atoms with E-state index in [0.717, 1.165) is 5.56 Å². The monoisotopic (exact) mass is 493 g/mol. The minimum Gasteiger partial charge on any atom is -0.497 e. The smallest absolute Gasteiger partial charge is 0.258 e. The van der Waals surface area contributed by atoms with E-state index in [0.29, 0.717) is 52.0 Å². The third-order valence-electron chi connectivity index (χ3n) is 6.04. The molecule has 10 heteroatoms. The SMILES string of the molecule is COc1cc(OC)cc(C(=O)Nc2ncc3c(n2)C[C@H](c2cc(OC)c(OC)c(OC)c2)CC3=O)c1.